The number of furan rings is 1. The Morgan fingerprint density at radius 2 is 2.28 bits per heavy atom. The Hall–Kier alpha value is -2.50. The SMILES string of the molecule is COc1ccc(NCc2ccc(C(=O)O)o2)cn1. The van der Waals surface area contributed by atoms with Crippen LogP contribution in [0.4, 0.5) is 5.69 Å². The molecule has 0 aliphatic heterocycles. The Labute approximate surface area is 103 Å². The summed E-state index contributed by atoms with van der Waals surface area (Å²) in [6, 6.07) is 6.58. The van der Waals surface area contributed by atoms with Crippen LogP contribution in [0.15, 0.2) is 34.9 Å². The summed E-state index contributed by atoms with van der Waals surface area (Å²) in [5.41, 5.74) is 0.795. The van der Waals surface area contributed by atoms with Gasteiger partial charge in [0.15, 0.2) is 0 Å². The van der Waals surface area contributed by atoms with E-state index in [0.717, 1.165) is 5.69 Å². The van der Waals surface area contributed by atoms with Gasteiger partial charge in [0.25, 0.3) is 0 Å². The molecule has 2 aromatic rings. The zero-order chi connectivity index (χ0) is 13.0. The maximum Gasteiger partial charge on any atom is 0.371 e. The standard InChI is InChI=1S/C12H12N2O4/c1-17-11-5-2-8(6-14-11)13-7-9-3-4-10(18-9)12(15)16/h2-6,13H,7H2,1H3,(H,15,16). The van der Waals surface area contributed by atoms with E-state index in [2.05, 4.69) is 10.3 Å². The van der Waals surface area contributed by atoms with Crippen LogP contribution in [-0.2, 0) is 6.54 Å². The number of rotatable bonds is 5. The average molecular weight is 248 g/mol. The molecule has 0 saturated heterocycles. The number of methoxy groups -OCH3 is 1. The zero-order valence-corrected chi connectivity index (χ0v) is 9.71. The highest BCUT2D eigenvalue weighted by Crippen LogP contribution is 2.13. The van der Waals surface area contributed by atoms with Gasteiger partial charge in [-0.1, -0.05) is 0 Å². The van der Waals surface area contributed by atoms with E-state index in [-0.39, 0.29) is 5.76 Å². The molecule has 0 bridgehead atoms. The van der Waals surface area contributed by atoms with E-state index in [1.54, 1.807) is 25.4 Å². The van der Waals surface area contributed by atoms with Crippen LogP contribution in [0.3, 0.4) is 0 Å². The van der Waals surface area contributed by atoms with Crippen LogP contribution in [0, 0.1) is 0 Å². The number of carbonyl (C=O) groups is 1. The third-order valence-corrected chi connectivity index (χ3v) is 2.28. The van der Waals surface area contributed by atoms with Crippen LogP contribution in [0.1, 0.15) is 16.3 Å². The van der Waals surface area contributed by atoms with Crippen molar-refractivity contribution in [2.45, 2.75) is 6.54 Å². The first-order valence-electron chi connectivity index (χ1n) is 5.25. The van der Waals surface area contributed by atoms with E-state index < -0.39 is 5.97 Å². The maximum absolute atomic E-state index is 10.6. The molecule has 2 N–H and O–H groups in total. The fourth-order valence-electron chi connectivity index (χ4n) is 1.38. The van der Waals surface area contributed by atoms with E-state index in [0.29, 0.717) is 18.2 Å². The highest BCUT2D eigenvalue weighted by molar-refractivity contribution is 5.84. The molecule has 2 heterocycles. The average Bonchev–Trinajstić information content (AvgIpc) is 2.86. The molecule has 18 heavy (non-hydrogen) atoms. The lowest BCUT2D eigenvalue weighted by Crippen LogP contribution is -1.99. The van der Waals surface area contributed by atoms with Gasteiger partial charge < -0.3 is 19.6 Å². The topological polar surface area (TPSA) is 84.6 Å². The molecule has 0 aromatic carbocycles. The van der Waals surface area contributed by atoms with Crippen molar-refractivity contribution >= 4 is 11.7 Å². The first-order valence-corrected chi connectivity index (χ1v) is 5.25. The molecule has 0 fully saturated rings. The molecule has 2 aromatic heterocycles. The fraction of sp³-hybridized carbons (Fsp3) is 0.167. The van der Waals surface area contributed by atoms with Crippen molar-refractivity contribution < 1.29 is 19.1 Å². The van der Waals surface area contributed by atoms with Crippen molar-refractivity contribution in [3.05, 3.63) is 42.0 Å². The van der Waals surface area contributed by atoms with E-state index in [1.165, 1.54) is 6.07 Å². The molecule has 0 unspecified atom stereocenters. The van der Waals surface area contributed by atoms with Gasteiger partial charge in [0, 0.05) is 6.07 Å². The summed E-state index contributed by atoms with van der Waals surface area (Å²) in [6.07, 6.45) is 1.62. The molecular formula is C12H12N2O4. The number of carboxylic acids is 1. The molecule has 0 aliphatic carbocycles. The lowest BCUT2D eigenvalue weighted by molar-refractivity contribution is 0.0660. The third kappa shape index (κ3) is 2.79. The second-order valence-electron chi connectivity index (χ2n) is 3.51. The van der Waals surface area contributed by atoms with Gasteiger partial charge in [-0.3, -0.25) is 0 Å². The van der Waals surface area contributed by atoms with Crippen molar-refractivity contribution in [1.29, 1.82) is 0 Å². The maximum atomic E-state index is 10.6. The van der Waals surface area contributed by atoms with Crippen molar-refractivity contribution in [3.63, 3.8) is 0 Å². The van der Waals surface area contributed by atoms with Crippen molar-refractivity contribution in [2.24, 2.45) is 0 Å². The number of aromatic carboxylic acids is 1. The molecule has 6 heteroatoms. The number of hydrogen-bond donors (Lipinski definition) is 2. The number of hydrogen-bond acceptors (Lipinski definition) is 5. The van der Waals surface area contributed by atoms with Gasteiger partial charge in [-0.25, -0.2) is 9.78 Å². The Morgan fingerprint density at radius 3 is 2.83 bits per heavy atom. The van der Waals surface area contributed by atoms with Crippen LogP contribution in [-0.4, -0.2) is 23.2 Å². The molecule has 0 atom stereocenters. The fourth-order valence-corrected chi connectivity index (χ4v) is 1.38. The first kappa shape index (κ1) is 12.0. The smallest absolute Gasteiger partial charge is 0.371 e. The molecular weight excluding hydrogens is 236 g/mol. The van der Waals surface area contributed by atoms with Crippen molar-refractivity contribution in [3.8, 4) is 5.88 Å². The number of carboxylic acid groups (broad SMARTS) is 1. The van der Waals surface area contributed by atoms with Gasteiger partial charge in [0.2, 0.25) is 11.6 Å². The van der Waals surface area contributed by atoms with E-state index in [9.17, 15) is 4.79 Å². The molecule has 0 aliphatic rings. The van der Waals surface area contributed by atoms with Crippen molar-refractivity contribution in [2.75, 3.05) is 12.4 Å². The molecule has 94 valence electrons. The van der Waals surface area contributed by atoms with Gasteiger partial charge >= 0.3 is 5.97 Å². The largest absolute Gasteiger partial charge is 0.481 e. The Kier molecular flexibility index (Phi) is 3.47. The molecule has 0 radical (unpaired) electrons. The summed E-state index contributed by atoms with van der Waals surface area (Å²) in [6.45, 7) is 0.390. The summed E-state index contributed by atoms with van der Waals surface area (Å²) in [5.74, 6) is -0.0676. The highest BCUT2D eigenvalue weighted by Gasteiger charge is 2.08. The summed E-state index contributed by atoms with van der Waals surface area (Å²) < 4.78 is 10.0. The number of aromatic nitrogens is 1. The molecule has 0 spiro atoms. The Bertz CT molecular complexity index is 533. The number of nitrogens with one attached hydrogen (secondary N) is 1. The lowest BCUT2D eigenvalue weighted by atomic mass is 10.4. The van der Waals surface area contributed by atoms with Gasteiger partial charge in [-0.05, 0) is 18.2 Å². The lowest BCUT2D eigenvalue weighted by Gasteiger charge is -2.04. The second kappa shape index (κ2) is 5.22. The van der Waals surface area contributed by atoms with Gasteiger partial charge in [-0.2, -0.15) is 0 Å². The minimum absolute atomic E-state index is 0.0698. The minimum atomic E-state index is -1.08. The first-order chi connectivity index (χ1) is 8.69. The quantitative estimate of drug-likeness (QED) is 0.841. The predicted molar refractivity (Wildman–Crippen MR) is 63.8 cm³/mol. The van der Waals surface area contributed by atoms with Gasteiger partial charge in [0.1, 0.15) is 5.76 Å². The van der Waals surface area contributed by atoms with Crippen LogP contribution >= 0.6 is 0 Å². The van der Waals surface area contributed by atoms with Crippen LogP contribution in [0.25, 0.3) is 0 Å². The number of nitrogens with zero attached hydrogens (tertiary/aromatic N) is 1. The third-order valence-electron chi connectivity index (χ3n) is 2.28. The zero-order valence-electron chi connectivity index (χ0n) is 9.71. The number of anilines is 1. The number of ether oxygens (including phenoxy) is 1. The molecule has 0 saturated carbocycles. The second-order valence-corrected chi connectivity index (χ2v) is 3.51. The van der Waals surface area contributed by atoms with Gasteiger partial charge in [-0.15, -0.1) is 0 Å². The minimum Gasteiger partial charge on any atom is -0.481 e. The van der Waals surface area contributed by atoms with Crippen LogP contribution in [0.5, 0.6) is 5.88 Å². The van der Waals surface area contributed by atoms with Crippen LogP contribution < -0.4 is 10.1 Å². The normalized spacial score (nSPS) is 10.1. The van der Waals surface area contributed by atoms with Crippen molar-refractivity contribution in [1.82, 2.24) is 4.98 Å². The summed E-state index contributed by atoms with van der Waals surface area (Å²) in [7, 11) is 1.55. The Balaban J connectivity index is 1.95. The van der Waals surface area contributed by atoms with E-state index in [4.69, 9.17) is 14.3 Å². The van der Waals surface area contributed by atoms with E-state index >= 15 is 0 Å². The number of pyridine rings is 1. The molecule has 0 amide bonds. The Morgan fingerprint density at radius 1 is 1.44 bits per heavy atom. The van der Waals surface area contributed by atoms with Crippen LogP contribution in [0.2, 0.25) is 0 Å². The predicted octanol–water partition coefficient (Wildman–Crippen LogP) is 1.99. The summed E-state index contributed by atoms with van der Waals surface area (Å²) in [4.78, 5) is 14.7. The monoisotopic (exact) mass is 248 g/mol. The summed E-state index contributed by atoms with van der Waals surface area (Å²) >= 11 is 0. The molecule has 6 nitrogen and oxygen atoms in total. The summed E-state index contributed by atoms with van der Waals surface area (Å²) in [5, 5.41) is 11.8. The molecule has 2 rings (SSSR count). The highest BCUT2D eigenvalue weighted by atomic mass is 16.5. The van der Waals surface area contributed by atoms with Gasteiger partial charge in [0.05, 0.1) is 25.5 Å². The van der Waals surface area contributed by atoms with E-state index in [1.807, 2.05) is 6.07 Å².